The fourth-order valence-corrected chi connectivity index (χ4v) is 5.74. The van der Waals surface area contributed by atoms with Gasteiger partial charge in [0, 0.05) is 0 Å². The summed E-state index contributed by atoms with van der Waals surface area (Å²) >= 11 is 0. The van der Waals surface area contributed by atoms with Gasteiger partial charge in [-0.05, 0) is 44.1 Å². The number of hydrogen-bond acceptors (Lipinski definition) is 2. The molecule has 0 bridgehead atoms. The monoisotopic (exact) mass is 283 g/mol. The van der Waals surface area contributed by atoms with Crippen molar-refractivity contribution >= 4 is 8.32 Å². The van der Waals surface area contributed by atoms with Gasteiger partial charge in [0.1, 0.15) is 0 Å². The van der Waals surface area contributed by atoms with Gasteiger partial charge >= 0.3 is 6.18 Å². The number of nitrogens with one attached hydrogen (secondary N) is 1. The highest BCUT2D eigenvalue weighted by molar-refractivity contribution is 6.73. The maximum Gasteiger partial charge on any atom is 0.416 e. The Balaban J connectivity index is 2.97. The van der Waals surface area contributed by atoms with E-state index in [4.69, 9.17) is 4.43 Å². The molecular formula is C12H24F3NOSi. The second-order valence-corrected chi connectivity index (χ2v) is 9.78. The van der Waals surface area contributed by atoms with E-state index >= 15 is 0 Å². The van der Waals surface area contributed by atoms with Gasteiger partial charge in [0.15, 0.2) is 13.9 Å². The van der Waals surface area contributed by atoms with Crippen molar-refractivity contribution in [1.82, 2.24) is 5.32 Å². The first kappa shape index (κ1) is 16.0. The molecule has 0 spiro atoms. The smallest absolute Gasteiger partial charge is 0.403 e. The highest BCUT2D eigenvalue weighted by Gasteiger charge is 2.58. The zero-order valence-corrected chi connectivity index (χ0v) is 12.5. The zero-order chi connectivity index (χ0) is 13.9. The summed E-state index contributed by atoms with van der Waals surface area (Å²) in [6.07, 6.45) is -4.16. The van der Waals surface area contributed by atoms with Gasteiger partial charge in [0.25, 0.3) is 0 Å². The molecule has 0 atom stereocenters. The van der Waals surface area contributed by atoms with E-state index in [1.54, 1.807) is 0 Å². The minimum atomic E-state index is -4.26. The highest BCUT2D eigenvalue weighted by Crippen LogP contribution is 2.44. The third-order valence-corrected chi connectivity index (χ3v) is 8.96. The van der Waals surface area contributed by atoms with E-state index in [2.05, 4.69) is 5.32 Å². The Hall–Kier alpha value is -0.0731. The molecule has 0 aromatic carbocycles. The van der Waals surface area contributed by atoms with Gasteiger partial charge in [-0.2, -0.15) is 13.2 Å². The molecule has 1 aliphatic heterocycles. The molecule has 0 aliphatic carbocycles. The second-order valence-electron chi connectivity index (χ2n) is 5.09. The maximum atomic E-state index is 13.4. The standard InChI is InChI=1S/C12H24F3NOSi/c1-4-18(5-2,6-3)17-11(12(13,14)15)7-9-16-10-8-11/h16H,4-10H2,1-3H3. The number of piperidine rings is 1. The summed E-state index contributed by atoms with van der Waals surface area (Å²) in [6.45, 7) is 6.67. The average molecular weight is 283 g/mol. The lowest BCUT2D eigenvalue weighted by Crippen LogP contribution is -2.59. The van der Waals surface area contributed by atoms with Crippen molar-refractivity contribution in [3.8, 4) is 0 Å². The summed E-state index contributed by atoms with van der Waals surface area (Å²) in [7, 11) is -2.23. The second kappa shape index (κ2) is 5.92. The number of hydrogen-bond donors (Lipinski definition) is 1. The molecule has 0 saturated carbocycles. The van der Waals surface area contributed by atoms with Crippen LogP contribution in [-0.2, 0) is 4.43 Å². The van der Waals surface area contributed by atoms with Crippen LogP contribution >= 0.6 is 0 Å². The lowest BCUT2D eigenvalue weighted by Gasteiger charge is -2.45. The van der Waals surface area contributed by atoms with Crippen molar-refractivity contribution in [1.29, 1.82) is 0 Å². The number of rotatable bonds is 5. The first-order valence-electron chi connectivity index (χ1n) is 6.82. The van der Waals surface area contributed by atoms with Crippen molar-refractivity contribution < 1.29 is 17.6 Å². The molecule has 0 radical (unpaired) electrons. The molecule has 1 rings (SSSR count). The van der Waals surface area contributed by atoms with Crippen LogP contribution in [0.2, 0.25) is 18.1 Å². The summed E-state index contributed by atoms with van der Waals surface area (Å²) in [5.41, 5.74) is -1.90. The van der Waals surface area contributed by atoms with Gasteiger partial charge in [0.05, 0.1) is 0 Å². The van der Waals surface area contributed by atoms with E-state index in [0.717, 1.165) is 18.1 Å². The molecule has 108 valence electrons. The number of halogens is 3. The van der Waals surface area contributed by atoms with Crippen LogP contribution in [0.15, 0.2) is 0 Å². The van der Waals surface area contributed by atoms with Crippen molar-refractivity contribution in [2.24, 2.45) is 0 Å². The van der Waals surface area contributed by atoms with Gasteiger partial charge in [-0.15, -0.1) is 0 Å². The van der Waals surface area contributed by atoms with E-state index in [1.807, 2.05) is 20.8 Å². The van der Waals surface area contributed by atoms with Gasteiger partial charge in [0.2, 0.25) is 0 Å². The Labute approximate surface area is 108 Å². The van der Waals surface area contributed by atoms with Gasteiger partial charge in [-0.3, -0.25) is 0 Å². The number of alkyl halides is 3. The Bertz CT molecular complexity index is 252. The molecule has 0 unspecified atom stereocenters. The summed E-state index contributed by atoms with van der Waals surface area (Å²) < 4.78 is 46.1. The minimum absolute atomic E-state index is 0.0469. The lowest BCUT2D eigenvalue weighted by molar-refractivity contribution is -0.260. The molecule has 18 heavy (non-hydrogen) atoms. The molecule has 0 amide bonds. The van der Waals surface area contributed by atoms with Gasteiger partial charge in [-0.25, -0.2) is 0 Å². The quantitative estimate of drug-likeness (QED) is 0.777. The fourth-order valence-electron chi connectivity index (χ4n) is 2.65. The van der Waals surface area contributed by atoms with E-state index in [9.17, 15) is 13.2 Å². The van der Waals surface area contributed by atoms with Crippen LogP contribution in [0.25, 0.3) is 0 Å². The lowest BCUT2D eigenvalue weighted by atomic mass is 9.92. The molecule has 0 aromatic rings. The van der Waals surface area contributed by atoms with Crippen LogP contribution in [0, 0.1) is 0 Å². The summed E-state index contributed by atoms with van der Waals surface area (Å²) in [5.74, 6) is 0. The fraction of sp³-hybridized carbons (Fsp3) is 1.00. The Morgan fingerprint density at radius 2 is 1.50 bits per heavy atom. The molecule has 1 aliphatic rings. The van der Waals surface area contributed by atoms with Crippen LogP contribution in [0.3, 0.4) is 0 Å². The van der Waals surface area contributed by atoms with Crippen molar-refractivity contribution in [3.63, 3.8) is 0 Å². The molecular weight excluding hydrogens is 259 g/mol. The Kier molecular flexibility index (Phi) is 5.26. The molecule has 1 saturated heterocycles. The van der Waals surface area contributed by atoms with E-state index in [1.165, 1.54) is 0 Å². The first-order valence-corrected chi connectivity index (χ1v) is 9.35. The summed E-state index contributed by atoms with van der Waals surface area (Å²) in [4.78, 5) is 0. The Morgan fingerprint density at radius 3 is 1.83 bits per heavy atom. The third kappa shape index (κ3) is 3.08. The summed E-state index contributed by atoms with van der Waals surface area (Å²) in [5, 5.41) is 2.99. The van der Waals surface area contributed by atoms with Crippen LogP contribution in [0.5, 0.6) is 0 Å². The topological polar surface area (TPSA) is 21.3 Å². The van der Waals surface area contributed by atoms with E-state index < -0.39 is 20.1 Å². The van der Waals surface area contributed by atoms with Crippen LogP contribution in [0.1, 0.15) is 33.6 Å². The van der Waals surface area contributed by atoms with Crippen LogP contribution in [0.4, 0.5) is 13.2 Å². The average Bonchev–Trinajstić information content (AvgIpc) is 2.36. The van der Waals surface area contributed by atoms with Crippen molar-refractivity contribution in [2.45, 2.75) is 63.5 Å². The zero-order valence-electron chi connectivity index (χ0n) is 11.5. The van der Waals surface area contributed by atoms with Crippen molar-refractivity contribution in [3.05, 3.63) is 0 Å². The van der Waals surface area contributed by atoms with Gasteiger partial charge < -0.3 is 9.74 Å². The normalized spacial score (nSPS) is 21.0. The molecule has 1 heterocycles. The molecule has 1 fully saturated rings. The maximum absolute atomic E-state index is 13.4. The minimum Gasteiger partial charge on any atom is -0.403 e. The molecule has 0 aromatic heterocycles. The largest absolute Gasteiger partial charge is 0.416 e. The van der Waals surface area contributed by atoms with Crippen LogP contribution < -0.4 is 5.32 Å². The van der Waals surface area contributed by atoms with Crippen molar-refractivity contribution in [2.75, 3.05) is 13.1 Å². The third-order valence-electron chi connectivity index (χ3n) is 4.27. The highest BCUT2D eigenvalue weighted by atomic mass is 28.4. The molecule has 1 N–H and O–H groups in total. The predicted octanol–water partition coefficient (Wildman–Crippen LogP) is 3.69. The summed E-state index contributed by atoms with van der Waals surface area (Å²) in [6, 6.07) is 2.27. The first-order chi connectivity index (χ1) is 8.35. The Morgan fingerprint density at radius 1 is 1.06 bits per heavy atom. The van der Waals surface area contributed by atoms with E-state index in [0.29, 0.717) is 13.1 Å². The SMILES string of the molecule is CC[Si](CC)(CC)OC1(C(F)(F)F)CCNCC1. The molecule has 2 nitrogen and oxygen atoms in total. The molecule has 6 heteroatoms. The van der Waals surface area contributed by atoms with Gasteiger partial charge in [-0.1, -0.05) is 20.8 Å². The van der Waals surface area contributed by atoms with E-state index in [-0.39, 0.29) is 12.8 Å². The predicted molar refractivity (Wildman–Crippen MR) is 69.2 cm³/mol. The van der Waals surface area contributed by atoms with Crippen LogP contribution in [-0.4, -0.2) is 33.2 Å².